The molecule has 0 saturated heterocycles. The van der Waals surface area contributed by atoms with E-state index in [2.05, 4.69) is 31.1 Å². The van der Waals surface area contributed by atoms with Crippen LogP contribution in [0.1, 0.15) is 52.7 Å². The Morgan fingerprint density at radius 2 is 1.73 bits per heavy atom. The number of carbonyl (C=O) groups is 2. The highest BCUT2D eigenvalue weighted by Crippen LogP contribution is 2.28. The zero-order chi connectivity index (χ0) is 21.3. The van der Waals surface area contributed by atoms with Crippen LogP contribution in [0.25, 0.3) is 0 Å². The summed E-state index contributed by atoms with van der Waals surface area (Å²) in [4.78, 5) is 31.7. The van der Waals surface area contributed by atoms with Crippen molar-refractivity contribution in [1.82, 2.24) is 4.98 Å². The number of rotatable bonds is 3. The van der Waals surface area contributed by atoms with E-state index in [0.29, 0.717) is 17.8 Å². The van der Waals surface area contributed by atoms with Crippen molar-refractivity contribution in [3.8, 4) is 0 Å². The number of hydrogen-bond donors (Lipinski definition) is 1. The van der Waals surface area contributed by atoms with Crippen LogP contribution >= 0.6 is 0 Å². The predicted octanol–water partition coefficient (Wildman–Crippen LogP) is 4.83. The van der Waals surface area contributed by atoms with Crippen LogP contribution in [0.3, 0.4) is 0 Å². The SMILES string of the molecule is CC(C)(C)c1ccc(NC(=O)c2ccnc(C(=O)N3CCc4ccccc43)c2)cc1. The maximum Gasteiger partial charge on any atom is 0.276 e. The molecule has 30 heavy (non-hydrogen) atoms. The standard InChI is InChI=1S/C25H25N3O2/c1-25(2,3)19-8-10-20(11-9-19)27-23(29)18-12-14-26-21(16-18)24(30)28-15-13-17-6-4-5-7-22(17)28/h4-12,14,16H,13,15H2,1-3H3,(H,27,29). The number of para-hydroxylation sites is 1. The smallest absolute Gasteiger partial charge is 0.276 e. The first-order valence-corrected chi connectivity index (χ1v) is 10.1. The highest BCUT2D eigenvalue weighted by molar-refractivity contribution is 6.09. The molecule has 2 amide bonds. The van der Waals surface area contributed by atoms with Gasteiger partial charge >= 0.3 is 0 Å². The van der Waals surface area contributed by atoms with Crippen LogP contribution in [0, 0.1) is 0 Å². The van der Waals surface area contributed by atoms with Crippen LogP contribution in [0.4, 0.5) is 11.4 Å². The Morgan fingerprint density at radius 1 is 1.00 bits per heavy atom. The topological polar surface area (TPSA) is 62.3 Å². The van der Waals surface area contributed by atoms with Crippen LogP contribution < -0.4 is 10.2 Å². The molecule has 0 aliphatic carbocycles. The fourth-order valence-corrected chi connectivity index (χ4v) is 3.63. The Kier molecular flexibility index (Phi) is 5.12. The number of fused-ring (bicyclic) bond motifs is 1. The molecule has 3 aromatic rings. The highest BCUT2D eigenvalue weighted by atomic mass is 16.2. The van der Waals surface area contributed by atoms with Gasteiger partial charge in [0.2, 0.25) is 0 Å². The molecule has 1 N–H and O–H groups in total. The van der Waals surface area contributed by atoms with Gasteiger partial charge in [-0.25, -0.2) is 0 Å². The van der Waals surface area contributed by atoms with Crippen molar-refractivity contribution >= 4 is 23.2 Å². The van der Waals surface area contributed by atoms with Crippen molar-refractivity contribution in [1.29, 1.82) is 0 Å². The van der Waals surface area contributed by atoms with Crippen molar-refractivity contribution in [3.63, 3.8) is 0 Å². The van der Waals surface area contributed by atoms with Crippen LogP contribution in [-0.4, -0.2) is 23.3 Å². The van der Waals surface area contributed by atoms with Crippen LogP contribution in [-0.2, 0) is 11.8 Å². The van der Waals surface area contributed by atoms with E-state index in [1.165, 1.54) is 11.8 Å². The van der Waals surface area contributed by atoms with Gasteiger partial charge in [-0.15, -0.1) is 0 Å². The van der Waals surface area contributed by atoms with Crippen LogP contribution in [0.5, 0.6) is 0 Å². The maximum absolute atomic E-state index is 13.0. The Bertz CT molecular complexity index is 1100. The summed E-state index contributed by atoms with van der Waals surface area (Å²) in [5, 5.41) is 2.90. The predicted molar refractivity (Wildman–Crippen MR) is 119 cm³/mol. The molecule has 0 bridgehead atoms. The van der Waals surface area contributed by atoms with E-state index in [4.69, 9.17) is 0 Å². The normalized spacial score (nSPS) is 13.1. The van der Waals surface area contributed by atoms with Gasteiger partial charge in [-0.1, -0.05) is 51.1 Å². The highest BCUT2D eigenvalue weighted by Gasteiger charge is 2.26. The number of pyridine rings is 1. The average molecular weight is 399 g/mol. The molecule has 0 unspecified atom stereocenters. The first-order valence-electron chi connectivity index (χ1n) is 10.1. The molecule has 5 nitrogen and oxygen atoms in total. The second-order valence-electron chi connectivity index (χ2n) is 8.55. The Hall–Kier alpha value is -3.47. The lowest BCUT2D eigenvalue weighted by Gasteiger charge is -2.19. The molecule has 1 aliphatic rings. The largest absolute Gasteiger partial charge is 0.322 e. The Balaban J connectivity index is 1.51. The molecule has 0 atom stereocenters. The van der Waals surface area contributed by atoms with Crippen molar-refractivity contribution in [2.24, 2.45) is 0 Å². The van der Waals surface area contributed by atoms with E-state index >= 15 is 0 Å². The first-order chi connectivity index (χ1) is 14.3. The van der Waals surface area contributed by atoms with Gasteiger partial charge in [-0.2, -0.15) is 0 Å². The van der Waals surface area contributed by atoms with Crippen LogP contribution in [0.15, 0.2) is 66.9 Å². The minimum absolute atomic E-state index is 0.0527. The molecule has 2 heterocycles. The molecule has 1 aromatic heterocycles. The number of benzene rings is 2. The third-order valence-corrected chi connectivity index (χ3v) is 5.38. The quantitative estimate of drug-likeness (QED) is 0.686. The van der Waals surface area contributed by atoms with Gasteiger partial charge in [0.25, 0.3) is 11.8 Å². The number of carbonyl (C=O) groups excluding carboxylic acids is 2. The summed E-state index contributed by atoms with van der Waals surface area (Å²) in [7, 11) is 0. The van der Waals surface area contributed by atoms with Crippen molar-refractivity contribution in [3.05, 3.63) is 89.2 Å². The van der Waals surface area contributed by atoms with Crippen molar-refractivity contribution < 1.29 is 9.59 Å². The van der Waals surface area contributed by atoms with Gasteiger partial charge in [0.15, 0.2) is 0 Å². The van der Waals surface area contributed by atoms with Gasteiger partial charge in [0.05, 0.1) is 0 Å². The molecular weight excluding hydrogens is 374 g/mol. The van der Waals surface area contributed by atoms with E-state index < -0.39 is 0 Å². The molecule has 0 spiro atoms. The van der Waals surface area contributed by atoms with Gasteiger partial charge in [0.1, 0.15) is 5.69 Å². The fourth-order valence-electron chi connectivity index (χ4n) is 3.63. The van der Waals surface area contributed by atoms with E-state index in [-0.39, 0.29) is 22.9 Å². The lowest BCUT2D eigenvalue weighted by Crippen LogP contribution is -2.30. The molecule has 0 saturated carbocycles. The van der Waals surface area contributed by atoms with E-state index in [0.717, 1.165) is 17.7 Å². The number of nitrogens with zero attached hydrogens (tertiary/aromatic N) is 2. The number of amides is 2. The number of hydrogen-bond acceptors (Lipinski definition) is 3. The number of anilines is 2. The summed E-state index contributed by atoms with van der Waals surface area (Å²) in [5.41, 5.74) is 4.70. The first kappa shape index (κ1) is 19.8. The summed E-state index contributed by atoms with van der Waals surface area (Å²) in [6.07, 6.45) is 2.33. The molecule has 0 fully saturated rings. The maximum atomic E-state index is 13.0. The Labute approximate surface area is 176 Å². The van der Waals surface area contributed by atoms with Gasteiger partial charge < -0.3 is 10.2 Å². The minimum atomic E-state index is -0.267. The minimum Gasteiger partial charge on any atom is -0.322 e. The summed E-state index contributed by atoms with van der Waals surface area (Å²) >= 11 is 0. The van der Waals surface area contributed by atoms with Gasteiger partial charge in [-0.3, -0.25) is 14.6 Å². The second kappa shape index (κ2) is 7.75. The summed E-state index contributed by atoms with van der Waals surface area (Å²) in [6.45, 7) is 7.06. The van der Waals surface area contributed by atoms with Gasteiger partial charge in [0, 0.05) is 29.7 Å². The molecule has 152 valence electrons. The zero-order valence-electron chi connectivity index (χ0n) is 17.5. The average Bonchev–Trinajstić information content (AvgIpc) is 3.17. The second-order valence-corrected chi connectivity index (χ2v) is 8.55. The summed E-state index contributed by atoms with van der Waals surface area (Å²) in [5.74, 6) is -0.457. The van der Waals surface area contributed by atoms with Gasteiger partial charge in [-0.05, 0) is 53.3 Å². The van der Waals surface area contributed by atoms with E-state index in [1.54, 1.807) is 17.0 Å². The molecule has 5 heteroatoms. The van der Waals surface area contributed by atoms with Crippen molar-refractivity contribution in [2.45, 2.75) is 32.6 Å². The van der Waals surface area contributed by atoms with Crippen LogP contribution in [0.2, 0.25) is 0 Å². The Morgan fingerprint density at radius 3 is 2.47 bits per heavy atom. The lowest BCUT2D eigenvalue weighted by molar-refractivity contribution is 0.0984. The zero-order valence-corrected chi connectivity index (χ0v) is 17.5. The molecular formula is C25H25N3O2. The monoisotopic (exact) mass is 399 g/mol. The van der Waals surface area contributed by atoms with E-state index in [1.807, 2.05) is 48.5 Å². The molecule has 1 aliphatic heterocycles. The number of nitrogens with one attached hydrogen (secondary N) is 1. The van der Waals surface area contributed by atoms with Crippen molar-refractivity contribution in [2.75, 3.05) is 16.8 Å². The lowest BCUT2D eigenvalue weighted by atomic mass is 9.87. The summed E-state index contributed by atoms with van der Waals surface area (Å²) < 4.78 is 0. The molecule has 4 rings (SSSR count). The third-order valence-electron chi connectivity index (χ3n) is 5.38. The fraction of sp³-hybridized carbons (Fsp3) is 0.240. The molecule has 0 radical (unpaired) electrons. The third kappa shape index (κ3) is 3.96. The summed E-state index contributed by atoms with van der Waals surface area (Å²) in [6, 6.07) is 18.9. The molecule has 2 aromatic carbocycles. The number of aromatic nitrogens is 1. The van der Waals surface area contributed by atoms with E-state index in [9.17, 15) is 9.59 Å².